The molecule has 1 heterocycles. The quantitative estimate of drug-likeness (QED) is 0.317. The molecule has 11 heteroatoms. The number of halogens is 4. The van der Waals surface area contributed by atoms with Gasteiger partial charge in [-0.25, -0.2) is 9.18 Å². The predicted octanol–water partition coefficient (Wildman–Crippen LogP) is 4.89. The third-order valence-corrected chi connectivity index (χ3v) is 4.18. The SMILES string of the molecule is CNC(O)c1cc(Oc2ccc(NC(=O)Nc3cccc(C(F)(F)F)c3)c(F)c2)ccn1. The van der Waals surface area contributed by atoms with Gasteiger partial charge >= 0.3 is 12.2 Å². The highest BCUT2D eigenvalue weighted by atomic mass is 19.4. The monoisotopic (exact) mass is 450 g/mol. The average Bonchev–Trinajstić information content (AvgIpc) is 2.75. The molecule has 0 spiro atoms. The van der Waals surface area contributed by atoms with Crippen LogP contribution in [0.1, 0.15) is 17.5 Å². The fraction of sp³-hybridized carbons (Fsp3) is 0.143. The molecule has 168 valence electrons. The number of pyridine rings is 1. The lowest BCUT2D eigenvalue weighted by Gasteiger charge is -2.13. The maximum absolute atomic E-state index is 14.4. The maximum atomic E-state index is 14.4. The van der Waals surface area contributed by atoms with Crippen LogP contribution in [0.25, 0.3) is 0 Å². The molecule has 3 rings (SSSR count). The molecule has 0 aliphatic heterocycles. The van der Waals surface area contributed by atoms with Gasteiger partial charge in [0, 0.05) is 24.0 Å². The van der Waals surface area contributed by atoms with E-state index in [2.05, 4.69) is 20.9 Å². The molecule has 0 aliphatic carbocycles. The van der Waals surface area contributed by atoms with Crippen LogP contribution in [0.5, 0.6) is 11.5 Å². The third-order valence-electron chi connectivity index (χ3n) is 4.18. The Morgan fingerprint density at radius 2 is 1.81 bits per heavy atom. The standard InChI is InChI=1S/C21H18F4N4O3/c1-26-19(30)18-11-15(7-8-27-18)32-14-5-6-17(16(22)10-14)29-20(31)28-13-4-2-3-12(9-13)21(23,24)25/h2-11,19,26,30H,1H3,(H2,28,29,31). The number of urea groups is 1. The number of alkyl halides is 3. The lowest BCUT2D eigenvalue weighted by molar-refractivity contribution is -0.137. The Hall–Kier alpha value is -3.70. The highest BCUT2D eigenvalue weighted by Crippen LogP contribution is 2.31. The lowest BCUT2D eigenvalue weighted by atomic mass is 10.2. The zero-order valence-electron chi connectivity index (χ0n) is 16.6. The number of aliphatic hydroxyl groups excluding tert-OH is 1. The zero-order chi connectivity index (χ0) is 23.3. The number of carbonyl (C=O) groups is 1. The molecule has 1 aromatic heterocycles. The van der Waals surface area contributed by atoms with E-state index in [1.807, 2.05) is 0 Å². The number of anilines is 2. The van der Waals surface area contributed by atoms with Gasteiger partial charge in [-0.2, -0.15) is 13.2 Å². The second-order valence-electron chi connectivity index (χ2n) is 6.51. The minimum Gasteiger partial charge on any atom is -0.457 e. The van der Waals surface area contributed by atoms with Gasteiger partial charge in [0.25, 0.3) is 0 Å². The van der Waals surface area contributed by atoms with Gasteiger partial charge in [-0.15, -0.1) is 0 Å². The summed E-state index contributed by atoms with van der Waals surface area (Å²) < 4.78 is 58.3. The highest BCUT2D eigenvalue weighted by molar-refractivity contribution is 5.99. The molecule has 2 amide bonds. The summed E-state index contributed by atoms with van der Waals surface area (Å²) in [5.74, 6) is -0.416. The second-order valence-corrected chi connectivity index (χ2v) is 6.51. The van der Waals surface area contributed by atoms with E-state index in [0.29, 0.717) is 11.4 Å². The number of hydrogen-bond acceptors (Lipinski definition) is 5. The summed E-state index contributed by atoms with van der Waals surface area (Å²) in [6, 6.07) is 9.75. The Balaban J connectivity index is 1.66. The van der Waals surface area contributed by atoms with Crippen LogP contribution in [0.4, 0.5) is 33.7 Å². The molecule has 32 heavy (non-hydrogen) atoms. The maximum Gasteiger partial charge on any atom is 0.416 e. The Bertz CT molecular complexity index is 1110. The van der Waals surface area contributed by atoms with E-state index in [4.69, 9.17) is 4.74 Å². The topological polar surface area (TPSA) is 95.5 Å². The van der Waals surface area contributed by atoms with Gasteiger partial charge in [0.2, 0.25) is 0 Å². The van der Waals surface area contributed by atoms with Crippen molar-refractivity contribution in [3.8, 4) is 11.5 Å². The van der Waals surface area contributed by atoms with E-state index in [0.717, 1.165) is 24.3 Å². The highest BCUT2D eigenvalue weighted by Gasteiger charge is 2.30. The van der Waals surface area contributed by atoms with Gasteiger partial charge in [0.05, 0.1) is 16.9 Å². The summed E-state index contributed by atoms with van der Waals surface area (Å²) in [6.07, 6.45) is -4.15. The summed E-state index contributed by atoms with van der Waals surface area (Å²) in [5.41, 5.74) is -0.933. The summed E-state index contributed by atoms with van der Waals surface area (Å²) >= 11 is 0. The average molecular weight is 450 g/mol. The van der Waals surface area contributed by atoms with E-state index >= 15 is 0 Å². The minimum absolute atomic E-state index is 0.102. The Labute approximate surface area is 180 Å². The van der Waals surface area contributed by atoms with Crippen molar-refractivity contribution in [2.45, 2.75) is 12.4 Å². The number of ether oxygens (including phenoxy) is 1. The Morgan fingerprint density at radius 3 is 2.50 bits per heavy atom. The number of carbonyl (C=O) groups excluding carboxylic acids is 1. The van der Waals surface area contributed by atoms with E-state index in [1.54, 1.807) is 7.05 Å². The van der Waals surface area contributed by atoms with Crippen molar-refractivity contribution in [1.82, 2.24) is 10.3 Å². The molecule has 1 unspecified atom stereocenters. The van der Waals surface area contributed by atoms with Crippen LogP contribution >= 0.6 is 0 Å². The van der Waals surface area contributed by atoms with Gasteiger partial charge in [-0.05, 0) is 43.4 Å². The number of aromatic nitrogens is 1. The lowest BCUT2D eigenvalue weighted by Crippen LogP contribution is -2.20. The van der Waals surface area contributed by atoms with E-state index in [1.165, 1.54) is 36.5 Å². The van der Waals surface area contributed by atoms with Crippen LogP contribution in [-0.2, 0) is 6.18 Å². The van der Waals surface area contributed by atoms with Crippen LogP contribution < -0.4 is 20.7 Å². The molecule has 0 saturated heterocycles. The minimum atomic E-state index is -4.56. The van der Waals surface area contributed by atoms with Crippen molar-refractivity contribution < 1.29 is 32.2 Å². The van der Waals surface area contributed by atoms with Crippen molar-refractivity contribution in [1.29, 1.82) is 0 Å². The predicted molar refractivity (Wildman–Crippen MR) is 109 cm³/mol. The van der Waals surface area contributed by atoms with Crippen LogP contribution in [-0.4, -0.2) is 23.2 Å². The molecule has 3 aromatic rings. The fourth-order valence-electron chi connectivity index (χ4n) is 2.64. The zero-order valence-corrected chi connectivity index (χ0v) is 16.6. The molecular formula is C21H18F4N4O3. The number of nitrogens with zero attached hydrogens (tertiary/aromatic N) is 1. The molecule has 0 bridgehead atoms. The first-order valence-electron chi connectivity index (χ1n) is 9.19. The van der Waals surface area contributed by atoms with Crippen molar-refractivity contribution in [3.05, 3.63) is 77.9 Å². The summed E-state index contributed by atoms with van der Waals surface area (Å²) in [4.78, 5) is 16.0. The Kier molecular flexibility index (Phi) is 6.91. The van der Waals surface area contributed by atoms with Gasteiger partial charge in [0.1, 0.15) is 23.5 Å². The molecule has 2 aromatic carbocycles. The number of hydrogen-bond donors (Lipinski definition) is 4. The van der Waals surface area contributed by atoms with E-state index in [-0.39, 0.29) is 17.1 Å². The van der Waals surface area contributed by atoms with Crippen molar-refractivity contribution >= 4 is 17.4 Å². The summed E-state index contributed by atoms with van der Waals surface area (Å²) in [7, 11) is 1.55. The number of benzene rings is 2. The Morgan fingerprint density at radius 1 is 1.06 bits per heavy atom. The van der Waals surface area contributed by atoms with Crippen LogP contribution in [0.15, 0.2) is 60.8 Å². The number of amides is 2. The second kappa shape index (κ2) is 9.62. The van der Waals surface area contributed by atoms with Crippen molar-refractivity contribution in [2.75, 3.05) is 17.7 Å². The number of rotatable bonds is 6. The molecule has 4 N–H and O–H groups in total. The van der Waals surface area contributed by atoms with E-state index in [9.17, 15) is 27.5 Å². The fourth-order valence-corrected chi connectivity index (χ4v) is 2.64. The molecule has 0 radical (unpaired) electrons. The first-order valence-corrected chi connectivity index (χ1v) is 9.19. The van der Waals surface area contributed by atoms with Crippen molar-refractivity contribution in [2.24, 2.45) is 0 Å². The number of aliphatic hydroxyl groups is 1. The molecule has 1 atom stereocenters. The summed E-state index contributed by atoms with van der Waals surface area (Å²) in [5, 5.41) is 16.8. The number of nitrogens with one attached hydrogen (secondary N) is 3. The largest absolute Gasteiger partial charge is 0.457 e. The van der Waals surface area contributed by atoms with Crippen LogP contribution in [0, 0.1) is 5.82 Å². The van der Waals surface area contributed by atoms with Crippen LogP contribution in [0.3, 0.4) is 0 Å². The normalized spacial score (nSPS) is 12.2. The molecule has 0 saturated carbocycles. The molecule has 0 aliphatic rings. The smallest absolute Gasteiger partial charge is 0.416 e. The van der Waals surface area contributed by atoms with E-state index < -0.39 is 29.8 Å². The molecular weight excluding hydrogens is 432 g/mol. The van der Waals surface area contributed by atoms with Crippen LogP contribution in [0.2, 0.25) is 0 Å². The first-order chi connectivity index (χ1) is 15.2. The van der Waals surface area contributed by atoms with Gasteiger partial charge in [0.15, 0.2) is 0 Å². The third kappa shape index (κ3) is 5.93. The van der Waals surface area contributed by atoms with Crippen molar-refractivity contribution in [3.63, 3.8) is 0 Å². The summed E-state index contributed by atoms with van der Waals surface area (Å²) in [6.45, 7) is 0. The van der Waals surface area contributed by atoms with Gasteiger partial charge in [-0.1, -0.05) is 6.07 Å². The van der Waals surface area contributed by atoms with Gasteiger partial charge in [-0.3, -0.25) is 10.3 Å². The molecule has 0 fully saturated rings. The first kappa shape index (κ1) is 23.0. The molecule has 7 nitrogen and oxygen atoms in total. The van der Waals surface area contributed by atoms with Gasteiger partial charge < -0.3 is 20.5 Å².